The molecule has 0 aliphatic heterocycles. The van der Waals surface area contributed by atoms with Crippen LogP contribution in [0.2, 0.25) is 0 Å². The van der Waals surface area contributed by atoms with Crippen LogP contribution in [0.25, 0.3) is 0 Å². The first-order valence-electron chi connectivity index (χ1n) is 7.01. The van der Waals surface area contributed by atoms with Crippen LogP contribution in [0.3, 0.4) is 0 Å². The predicted octanol–water partition coefficient (Wildman–Crippen LogP) is 2.56. The molecule has 0 aliphatic carbocycles. The van der Waals surface area contributed by atoms with Gasteiger partial charge >= 0.3 is 0 Å². The summed E-state index contributed by atoms with van der Waals surface area (Å²) in [5.74, 6) is 1.42. The summed E-state index contributed by atoms with van der Waals surface area (Å²) in [6, 6.07) is 0.417. The third-order valence-electron chi connectivity index (χ3n) is 3.38. The van der Waals surface area contributed by atoms with E-state index in [1.54, 1.807) is 0 Å². The number of amides is 1. The average molecular weight is 242 g/mol. The Morgan fingerprint density at radius 1 is 1.12 bits per heavy atom. The highest BCUT2D eigenvalue weighted by Crippen LogP contribution is 2.11. The van der Waals surface area contributed by atoms with E-state index in [-0.39, 0.29) is 5.91 Å². The molecule has 0 aromatic rings. The summed E-state index contributed by atoms with van der Waals surface area (Å²) >= 11 is 0. The first-order valence-corrected chi connectivity index (χ1v) is 7.01. The van der Waals surface area contributed by atoms with Crippen molar-refractivity contribution < 1.29 is 4.79 Å². The van der Waals surface area contributed by atoms with Crippen molar-refractivity contribution in [2.75, 3.05) is 13.1 Å². The second-order valence-corrected chi connectivity index (χ2v) is 5.28. The summed E-state index contributed by atoms with van der Waals surface area (Å²) in [7, 11) is 0. The largest absolute Gasteiger partial charge is 0.355 e. The Kier molecular flexibility index (Phi) is 9.14. The van der Waals surface area contributed by atoms with Crippen molar-refractivity contribution in [1.82, 2.24) is 10.6 Å². The maximum absolute atomic E-state index is 11.6. The van der Waals surface area contributed by atoms with Crippen LogP contribution in [-0.4, -0.2) is 25.0 Å². The van der Waals surface area contributed by atoms with Gasteiger partial charge in [0.05, 0.1) is 6.54 Å². The summed E-state index contributed by atoms with van der Waals surface area (Å²) in [4.78, 5) is 11.6. The van der Waals surface area contributed by atoms with Crippen LogP contribution in [0.1, 0.15) is 53.9 Å². The van der Waals surface area contributed by atoms with Gasteiger partial charge in [-0.15, -0.1) is 0 Å². The molecule has 17 heavy (non-hydrogen) atoms. The Hall–Kier alpha value is -0.570. The summed E-state index contributed by atoms with van der Waals surface area (Å²) in [6.07, 6.45) is 3.38. The summed E-state index contributed by atoms with van der Waals surface area (Å²) in [5.41, 5.74) is 0. The molecule has 3 nitrogen and oxygen atoms in total. The first kappa shape index (κ1) is 16.4. The molecule has 0 spiro atoms. The van der Waals surface area contributed by atoms with Crippen molar-refractivity contribution in [2.24, 2.45) is 11.8 Å². The number of hydrogen-bond acceptors (Lipinski definition) is 2. The van der Waals surface area contributed by atoms with E-state index in [1.807, 2.05) is 0 Å². The van der Waals surface area contributed by atoms with Crippen LogP contribution in [0.5, 0.6) is 0 Å². The van der Waals surface area contributed by atoms with Crippen molar-refractivity contribution in [3.05, 3.63) is 0 Å². The molecular formula is C14H30N2O. The number of carbonyl (C=O) groups excluding carboxylic acids is 1. The van der Waals surface area contributed by atoms with Gasteiger partial charge in [0.25, 0.3) is 0 Å². The standard InChI is InChI=1S/C14H30N2O/c1-6-13(7-2)12(5)16-10-14(17)15-9-8-11(3)4/h11-13,16H,6-10H2,1-5H3,(H,15,17). The molecule has 0 aromatic heterocycles. The topological polar surface area (TPSA) is 41.1 Å². The monoisotopic (exact) mass is 242 g/mol. The fourth-order valence-electron chi connectivity index (χ4n) is 1.98. The van der Waals surface area contributed by atoms with Crippen LogP contribution >= 0.6 is 0 Å². The minimum Gasteiger partial charge on any atom is -0.355 e. The molecular weight excluding hydrogens is 212 g/mol. The zero-order valence-electron chi connectivity index (χ0n) is 12.2. The van der Waals surface area contributed by atoms with Crippen LogP contribution in [0, 0.1) is 11.8 Å². The minimum atomic E-state index is 0.114. The van der Waals surface area contributed by atoms with Crippen molar-refractivity contribution in [2.45, 2.75) is 59.9 Å². The van der Waals surface area contributed by atoms with Crippen molar-refractivity contribution in [1.29, 1.82) is 0 Å². The highest BCUT2D eigenvalue weighted by Gasteiger charge is 2.13. The van der Waals surface area contributed by atoms with Gasteiger partial charge in [-0.25, -0.2) is 0 Å². The van der Waals surface area contributed by atoms with Gasteiger partial charge in [0.15, 0.2) is 0 Å². The second-order valence-electron chi connectivity index (χ2n) is 5.28. The molecule has 0 bridgehead atoms. The quantitative estimate of drug-likeness (QED) is 0.652. The lowest BCUT2D eigenvalue weighted by atomic mass is 9.95. The molecule has 0 aromatic carbocycles. The fraction of sp³-hybridized carbons (Fsp3) is 0.929. The predicted molar refractivity (Wildman–Crippen MR) is 74.0 cm³/mol. The van der Waals surface area contributed by atoms with Crippen molar-refractivity contribution in [3.8, 4) is 0 Å². The Morgan fingerprint density at radius 2 is 1.71 bits per heavy atom. The molecule has 1 amide bonds. The summed E-state index contributed by atoms with van der Waals surface area (Å²) in [5, 5.41) is 6.25. The molecule has 0 aliphatic rings. The van der Waals surface area contributed by atoms with Gasteiger partial charge < -0.3 is 10.6 Å². The zero-order chi connectivity index (χ0) is 13.3. The van der Waals surface area contributed by atoms with E-state index in [0.29, 0.717) is 24.4 Å². The van der Waals surface area contributed by atoms with Crippen LogP contribution in [0.15, 0.2) is 0 Å². The Balaban J connectivity index is 3.68. The molecule has 0 rings (SSSR count). The van der Waals surface area contributed by atoms with E-state index in [4.69, 9.17) is 0 Å². The van der Waals surface area contributed by atoms with Crippen LogP contribution < -0.4 is 10.6 Å². The number of nitrogens with one attached hydrogen (secondary N) is 2. The molecule has 2 N–H and O–H groups in total. The normalized spacial score (nSPS) is 13.1. The maximum Gasteiger partial charge on any atom is 0.233 e. The molecule has 3 heteroatoms. The van der Waals surface area contributed by atoms with Gasteiger partial charge in [-0.2, -0.15) is 0 Å². The third-order valence-corrected chi connectivity index (χ3v) is 3.38. The minimum absolute atomic E-state index is 0.114. The Labute approximate surface area is 107 Å². The molecule has 0 radical (unpaired) electrons. The highest BCUT2D eigenvalue weighted by atomic mass is 16.1. The first-order chi connectivity index (χ1) is 8.01. The summed E-state index contributed by atoms with van der Waals surface area (Å²) in [6.45, 7) is 12.1. The number of rotatable bonds is 9. The van der Waals surface area contributed by atoms with Gasteiger partial charge in [0, 0.05) is 12.6 Å². The van der Waals surface area contributed by atoms with E-state index < -0.39 is 0 Å². The van der Waals surface area contributed by atoms with Gasteiger partial charge in [-0.05, 0) is 25.2 Å². The van der Waals surface area contributed by atoms with E-state index in [0.717, 1.165) is 13.0 Å². The van der Waals surface area contributed by atoms with Gasteiger partial charge in [-0.3, -0.25) is 4.79 Å². The van der Waals surface area contributed by atoms with Gasteiger partial charge in [-0.1, -0.05) is 40.5 Å². The molecule has 0 fully saturated rings. The van der Waals surface area contributed by atoms with E-state index in [1.165, 1.54) is 12.8 Å². The smallest absolute Gasteiger partial charge is 0.233 e. The zero-order valence-corrected chi connectivity index (χ0v) is 12.2. The SMILES string of the molecule is CCC(CC)C(C)NCC(=O)NCCC(C)C. The molecule has 102 valence electrons. The average Bonchev–Trinajstić information content (AvgIpc) is 2.27. The van der Waals surface area contributed by atoms with Crippen LogP contribution in [-0.2, 0) is 4.79 Å². The summed E-state index contributed by atoms with van der Waals surface area (Å²) < 4.78 is 0. The van der Waals surface area contributed by atoms with Gasteiger partial charge in [0.2, 0.25) is 5.91 Å². The number of hydrogen-bond donors (Lipinski definition) is 2. The molecule has 1 unspecified atom stereocenters. The van der Waals surface area contributed by atoms with Crippen molar-refractivity contribution in [3.63, 3.8) is 0 Å². The molecule has 0 saturated carbocycles. The lowest BCUT2D eigenvalue weighted by Crippen LogP contribution is -2.41. The Bertz CT molecular complexity index is 200. The van der Waals surface area contributed by atoms with Gasteiger partial charge in [0.1, 0.15) is 0 Å². The molecule has 0 heterocycles. The maximum atomic E-state index is 11.6. The Morgan fingerprint density at radius 3 is 2.18 bits per heavy atom. The van der Waals surface area contributed by atoms with E-state index >= 15 is 0 Å². The molecule has 0 saturated heterocycles. The van der Waals surface area contributed by atoms with E-state index in [2.05, 4.69) is 45.3 Å². The third kappa shape index (κ3) is 8.19. The highest BCUT2D eigenvalue weighted by molar-refractivity contribution is 5.77. The second kappa shape index (κ2) is 9.46. The lowest BCUT2D eigenvalue weighted by Gasteiger charge is -2.22. The van der Waals surface area contributed by atoms with Crippen molar-refractivity contribution >= 4 is 5.91 Å². The number of carbonyl (C=O) groups is 1. The molecule has 1 atom stereocenters. The van der Waals surface area contributed by atoms with Crippen LogP contribution in [0.4, 0.5) is 0 Å². The fourth-order valence-corrected chi connectivity index (χ4v) is 1.98. The van der Waals surface area contributed by atoms with E-state index in [9.17, 15) is 4.79 Å². The lowest BCUT2D eigenvalue weighted by molar-refractivity contribution is -0.120.